The van der Waals surface area contributed by atoms with Crippen molar-refractivity contribution in [2.45, 2.75) is 20.8 Å². The van der Waals surface area contributed by atoms with E-state index in [9.17, 15) is 0 Å². The van der Waals surface area contributed by atoms with Crippen molar-refractivity contribution < 1.29 is 0 Å². The number of nitrogens with zero attached hydrogens (tertiary/aromatic N) is 2. The largest absolute Gasteiger partial charge is 0.397 e. The third-order valence-corrected chi connectivity index (χ3v) is 2.38. The van der Waals surface area contributed by atoms with Crippen LogP contribution in [0.2, 0.25) is 0 Å². The van der Waals surface area contributed by atoms with Crippen LogP contribution in [-0.4, -0.2) is 11.2 Å². The van der Waals surface area contributed by atoms with Gasteiger partial charge in [-0.3, -0.25) is 9.75 Å². The van der Waals surface area contributed by atoms with Gasteiger partial charge in [-0.05, 0) is 40.6 Å². The van der Waals surface area contributed by atoms with Gasteiger partial charge >= 0.3 is 0 Å². The van der Waals surface area contributed by atoms with Crippen LogP contribution in [0.5, 0.6) is 0 Å². The second-order valence-corrected chi connectivity index (χ2v) is 4.20. The Morgan fingerprint density at radius 1 is 1.57 bits per heavy atom. The van der Waals surface area contributed by atoms with E-state index in [-0.39, 0.29) is 0 Å². The Morgan fingerprint density at radius 2 is 2.21 bits per heavy atom. The quantitative estimate of drug-likeness (QED) is 0.515. The monoisotopic (exact) mass is 323 g/mol. The fourth-order valence-corrected chi connectivity index (χ4v) is 1.38. The van der Waals surface area contributed by atoms with E-state index in [1.807, 2.05) is 26.8 Å². The third kappa shape index (κ3) is 4.86. The van der Waals surface area contributed by atoms with Crippen molar-refractivity contribution in [1.82, 2.24) is 4.98 Å². The van der Waals surface area contributed by atoms with Crippen LogP contribution in [0, 0.1) is 6.92 Å². The zero-order valence-corrected chi connectivity index (χ0v) is 11.7. The van der Waals surface area contributed by atoms with Crippen molar-refractivity contribution in [3.8, 4) is 0 Å². The van der Waals surface area contributed by atoms with E-state index in [1.54, 1.807) is 12.4 Å². The minimum Gasteiger partial charge on any atom is -0.397 e. The zero-order chi connectivity index (χ0) is 11.0. The number of aryl methyl sites for hydroxylation is 1. The van der Waals surface area contributed by atoms with Crippen molar-refractivity contribution >= 4 is 40.3 Å². The smallest absolute Gasteiger partial charge is 0.104 e. The minimum absolute atomic E-state index is 0.521. The molecule has 0 bridgehead atoms. The van der Waals surface area contributed by atoms with Crippen LogP contribution in [0.4, 0.5) is 5.69 Å². The van der Waals surface area contributed by atoms with Crippen molar-refractivity contribution in [3.05, 3.63) is 23.5 Å². The Morgan fingerprint density at radius 3 is 2.71 bits per heavy atom. The number of anilines is 1. The molecule has 0 aliphatic heterocycles. The van der Waals surface area contributed by atoms with Crippen LogP contribution in [0.1, 0.15) is 25.1 Å². The molecule has 2 N–H and O–H groups in total. The summed E-state index contributed by atoms with van der Waals surface area (Å²) in [6.07, 6.45) is 4.01. The van der Waals surface area contributed by atoms with Crippen LogP contribution in [0.15, 0.2) is 17.0 Å². The molecule has 0 saturated heterocycles. The number of hydrogen-bond donors (Lipinski definition) is 1. The molecule has 0 fully saturated rings. The number of rotatable bonds is 2. The first-order chi connectivity index (χ1) is 6.74. The number of halogens is 1. The van der Waals surface area contributed by atoms with Gasteiger partial charge in [0.2, 0.25) is 0 Å². The van der Waals surface area contributed by atoms with E-state index in [2.05, 4.69) is 31.8 Å². The van der Waals surface area contributed by atoms with Crippen LogP contribution < -0.4 is 5.73 Å². The summed E-state index contributed by atoms with van der Waals surface area (Å²) in [7, 11) is 0. The van der Waals surface area contributed by atoms with Gasteiger partial charge in [0.1, 0.15) is 5.69 Å². The first-order valence-electron chi connectivity index (χ1n) is 4.35. The summed E-state index contributed by atoms with van der Waals surface area (Å²) in [5.41, 5.74) is 8.22. The molecule has 0 amide bonds. The molecule has 1 unspecified atom stereocenters. The molecule has 0 aliphatic carbocycles. The van der Waals surface area contributed by atoms with Gasteiger partial charge in [-0.2, -0.15) is 0 Å². The molecule has 0 saturated carbocycles. The summed E-state index contributed by atoms with van der Waals surface area (Å²) in [5.74, 6) is 0. The summed E-state index contributed by atoms with van der Waals surface area (Å²) < 4.78 is 4.08. The van der Waals surface area contributed by atoms with Gasteiger partial charge < -0.3 is 5.73 Å². The predicted octanol–water partition coefficient (Wildman–Crippen LogP) is 3.36. The van der Waals surface area contributed by atoms with E-state index in [0.29, 0.717) is 12.1 Å². The molecule has 5 heteroatoms. The third-order valence-electron chi connectivity index (χ3n) is 1.32. The number of pyridine rings is 1. The van der Waals surface area contributed by atoms with E-state index < -0.39 is 0 Å². The summed E-state index contributed by atoms with van der Waals surface area (Å²) in [5, 5.41) is 0. The van der Waals surface area contributed by atoms with Crippen molar-refractivity contribution in [1.29, 1.82) is 0 Å². The lowest BCUT2D eigenvalue weighted by Crippen LogP contribution is -1.96. The van der Waals surface area contributed by atoms with Gasteiger partial charge in [0, 0.05) is 6.20 Å². The van der Waals surface area contributed by atoms with Crippen molar-refractivity contribution in [2.75, 3.05) is 5.73 Å². The van der Waals surface area contributed by atoms with E-state index in [4.69, 9.17) is 5.73 Å². The molecule has 0 spiro atoms. The summed E-state index contributed by atoms with van der Waals surface area (Å²) >= 11 is 2.19. The topological polar surface area (TPSA) is 51.3 Å². The average molecular weight is 323 g/mol. The van der Waals surface area contributed by atoms with Crippen LogP contribution in [-0.2, 0) is 0 Å². The molecule has 0 radical (unpaired) electrons. The lowest BCUT2D eigenvalue weighted by molar-refractivity contribution is 1.26. The maximum Gasteiger partial charge on any atom is 0.104 e. The maximum absolute atomic E-state index is 5.71. The normalized spacial score (nSPS) is 10.6. The van der Waals surface area contributed by atoms with E-state index >= 15 is 0 Å². The zero-order valence-electron chi connectivity index (χ0n) is 8.58. The second-order valence-electron chi connectivity index (χ2n) is 2.33. The first kappa shape index (κ1) is 13.8. The maximum atomic E-state index is 5.71. The van der Waals surface area contributed by atoms with E-state index in [1.165, 1.54) is 0 Å². The summed E-state index contributed by atoms with van der Waals surface area (Å²) in [4.78, 5) is 4.14. The average Bonchev–Trinajstić information content (AvgIpc) is 2.20. The molecular weight excluding hydrogens is 308 g/mol. The number of aromatic nitrogens is 1. The molecule has 3 nitrogen and oxygen atoms in total. The lowest BCUT2D eigenvalue weighted by Gasteiger charge is -1.98. The molecule has 1 atom stereocenters. The Labute approximate surface area is 99.9 Å². The number of nitrogens with two attached hydrogens (primary N) is 1. The molecular formula is C9H15IN3P. The molecule has 1 aromatic rings. The highest BCUT2D eigenvalue weighted by molar-refractivity contribution is 14.2. The van der Waals surface area contributed by atoms with Gasteiger partial charge in [-0.15, -0.1) is 0 Å². The van der Waals surface area contributed by atoms with Gasteiger partial charge in [0.15, 0.2) is 0 Å². The van der Waals surface area contributed by atoms with Crippen molar-refractivity contribution in [2.24, 2.45) is 4.76 Å². The molecule has 0 aliphatic rings. The molecule has 1 aromatic heterocycles. The summed E-state index contributed by atoms with van der Waals surface area (Å²) in [6, 6.07) is 1.89. The second kappa shape index (κ2) is 8.12. The molecule has 14 heavy (non-hydrogen) atoms. The Balaban J connectivity index is 0.000000791. The fraction of sp³-hybridized carbons (Fsp3) is 0.333. The molecule has 1 rings (SSSR count). The van der Waals surface area contributed by atoms with Crippen LogP contribution in [0.3, 0.4) is 0 Å². The van der Waals surface area contributed by atoms with Gasteiger partial charge in [-0.25, -0.2) is 0 Å². The van der Waals surface area contributed by atoms with Crippen LogP contribution >= 0.6 is 28.4 Å². The Kier molecular flexibility index (Phi) is 7.99. The Bertz CT molecular complexity index is 302. The molecule has 1 heterocycles. The summed E-state index contributed by atoms with van der Waals surface area (Å²) in [6.45, 7) is 5.96. The highest BCUT2D eigenvalue weighted by Gasteiger charge is 1.96. The standard InChI is InChI=1S/C7H9IN3P.C2H6/c1-5-2-6(9)7(10-3-5)4-11-12-8;1-2/h2-4,12H,9H2,1H3;1-2H3/b11-4+;. The van der Waals surface area contributed by atoms with Gasteiger partial charge in [0.05, 0.1) is 18.3 Å². The number of nitrogen functional groups attached to an aromatic ring is 1. The lowest BCUT2D eigenvalue weighted by atomic mass is 10.2. The van der Waals surface area contributed by atoms with Crippen molar-refractivity contribution in [3.63, 3.8) is 0 Å². The van der Waals surface area contributed by atoms with Gasteiger partial charge in [0.25, 0.3) is 0 Å². The highest BCUT2D eigenvalue weighted by atomic mass is 127. The first-order valence-corrected chi connectivity index (χ1v) is 8.41. The minimum atomic E-state index is 0.521. The van der Waals surface area contributed by atoms with E-state index in [0.717, 1.165) is 11.3 Å². The SMILES string of the molecule is CC.Cc1cnc(/C=N/PI)c(N)c1. The van der Waals surface area contributed by atoms with Crippen LogP contribution in [0.25, 0.3) is 0 Å². The Hall–Kier alpha value is -0.220. The predicted molar refractivity (Wildman–Crippen MR) is 74.7 cm³/mol. The molecule has 0 aromatic carbocycles. The molecule has 78 valence electrons. The number of hydrogen-bond acceptors (Lipinski definition) is 3. The highest BCUT2D eigenvalue weighted by Crippen LogP contribution is 2.21. The van der Waals surface area contributed by atoms with Gasteiger partial charge in [-0.1, -0.05) is 13.8 Å². The fourth-order valence-electron chi connectivity index (χ4n) is 0.796.